The zero-order valence-electron chi connectivity index (χ0n) is 17.2. The van der Waals surface area contributed by atoms with Crippen molar-refractivity contribution in [1.29, 1.82) is 0 Å². The molecule has 0 saturated carbocycles. The number of rotatable bonds is 5. The number of benzene rings is 2. The molecule has 2 aromatic carbocycles. The Bertz CT molecular complexity index is 1240. The standard InChI is InChI=1S/C23H19ClN4O3/c1-14-12-16(8-9-20(14)30-3)22-21(18-10-11-25-13-26-18)23(31-27-22)28(15(2)29)19-7-5-4-6-17(19)24/h4-13H,1-3H3. The van der Waals surface area contributed by atoms with Gasteiger partial charge in [0.25, 0.3) is 0 Å². The van der Waals surface area contributed by atoms with E-state index in [0.717, 1.165) is 16.9 Å². The molecule has 0 saturated heterocycles. The number of para-hydroxylation sites is 1. The van der Waals surface area contributed by atoms with Gasteiger partial charge in [0.15, 0.2) is 0 Å². The first kappa shape index (κ1) is 20.6. The van der Waals surface area contributed by atoms with Gasteiger partial charge >= 0.3 is 0 Å². The molecule has 0 radical (unpaired) electrons. The van der Waals surface area contributed by atoms with E-state index >= 15 is 0 Å². The van der Waals surface area contributed by atoms with Crippen molar-refractivity contribution in [2.75, 3.05) is 12.0 Å². The highest BCUT2D eigenvalue weighted by molar-refractivity contribution is 6.34. The number of ether oxygens (including phenoxy) is 1. The van der Waals surface area contributed by atoms with Gasteiger partial charge < -0.3 is 9.26 Å². The van der Waals surface area contributed by atoms with Gasteiger partial charge in [0.05, 0.1) is 29.1 Å². The molecule has 0 aliphatic heterocycles. The van der Waals surface area contributed by atoms with Gasteiger partial charge in [-0.05, 0) is 48.9 Å². The quantitative estimate of drug-likeness (QED) is 0.415. The molecule has 1 amide bonds. The molecular weight excluding hydrogens is 416 g/mol. The van der Waals surface area contributed by atoms with Crippen molar-refractivity contribution in [3.8, 4) is 28.3 Å². The monoisotopic (exact) mass is 434 g/mol. The Balaban J connectivity index is 1.97. The Morgan fingerprint density at radius 3 is 2.61 bits per heavy atom. The third-order valence-electron chi connectivity index (χ3n) is 4.79. The zero-order valence-corrected chi connectivity index (χ0v) is 17.9. The highest BCUT2D eigenvalue weighted by Crippen LogP contribution is 2.43. The number of methoxy groups -OCH3 is 1. The van der Waals surface area contributed by atoms with Gasteiger partial charge in [-0.15, -0.1) is 0 Å². The number of carbonyl (C=O) groups excluding carboxylic acids is 1. The first-order chi connectivity index (χ1) is 15.0. The molecule has 0 aliphatic carbocycles. The van der Waals surface area contributed by atoms with Crippen LogP contribution in [0.1, 0.15) is 12.5 Å². The number of nitrogens with zero attached hydrogens (tertiary/aromatic N) is 4. The van der Waals surface area contributed by atoms with Crippen LogP contribution < -0.4 is 9.64 Å². The smallest absolute Gasteiger partial charge is 0.248 e. The van der Waals surface area contributed by atoms with Crippen molar-refractivity contribution >= 4 is 29.1 Å². The predicted molar refractivity (Wildman–Crippen MR) is 119 cm³/mol. The van der Waals surface area contributed by atoms with Crippen LogP contribution in [0.2, 0.25) is 5.02 Å². The normalized spacial score (nSPS) is 10.7. The second-order valence-corrected chi connectivity index (χ2v) is 7.20. The molecular formula is C23H19ClN4O3. The summed E-state index contributed by atoms with van der Waals surface area (Å²) in [6, 6.07) is 14.5. The molecule has 2 aromatic heterocycles. The Kier molecular flexibility index (Phi) is 5.68. The van der Waals surface area contributed by atoms with Gasteiger partial charge in [0.1, 0.15) is 17.8 Å². The van der Waals surface area contributed by atoms with Gasteiger partial charge in [-0.25, -0.2) is 14.9 Å². The summed E-state index contributed by atoms with van der Waals surface area (Å²) in [6.07, 6.45) is 3.05. The molecule has 156 valence electrons. The van der Waals surface area contributed by atoms with E-state index < -0.39 is 0 Å². The number of amides is 1. The third kappa shape index (κ3) is 3.87. The maximum atomic E-state index is 12.7. The lowest BCUT2D eigenvalue weighted by Gasteiger charge is -2.20. The summed E-state index contributed by atoms with van der Waals surface area (Å²) in [4.78, 5) is 22.5. The fourth-order valence-electron chi connectivity index (χ4n) is 3.38. The minimum absolute atomic E-state index is 0.225. The lowest BCUT2D eigenvalue weighted by atomic mass is 10.0. The van der Waals surface area contributed by atoms with E-state index in [4.69, 9.17) is 20.9 Å². The highest BCUT2D eigenvalue weighted by atomic mass is 35.5. The molecule has 0 unspecified atom stereocenters. The lowest BCUT2D eigenvalue weighted by molar-refractivity contribution is -0.116. The van der Waals surface area contributed by atoms with Crippen molar-refractivity contribution in [2.24, 2.45) is 0 Å². The first-order valence-corrected chi connectivity index (χ1v) is 9.85. The minimum Gasteiger partial charge on any atom is -0.496 e. The summed E-state index contributed by atoms with van der Waals surface area (Å²) in [5.41, 5.74) is 3.88. The summed E-state index contributed by atoms with van der Waals surface area (Å²) in [6.45, 7) is 3.38. The van der Waals surface area contributed by atoms with Crippen molar-refractivity contribution in [3.63, 3.8) is 0 Å². The highest BCUT2D eigenvalue weighted by Gasteiger charge is 2.29. The Hall–Kier alpha value is -3.71. The number of carbonyl (C=O) groups is 1. The number of hydrogen-bond donors (Lipinski definition) is 0. The zero-order chi connectivity index (χ0) is 22.0. The van der Waals surface area contributed by atoms with Gasteiger partial charge in [-0.1, -0.05) is 28.9 Å². The number of anilines is 2. The van der Waals surface area contributed by atoms with Gasteiger partial charge in [-0.3, -0.25) is 4.79 Å². The summed E-state index contributed by atoms with van der Waals surface area (Å²) >= 11 is 6.39. The second-order valence-electron chi connectivity index (χ2n) is 6.80. The predicted octanol–water partition coefficient (Wildman–Crippen LogP) is 5.45. The maximum absolute atomic E-state index is 12.7. The molecule has 7 nitrogen and oxygen atoms in total. The summed E-state index contributed by atoms with van der Waals surface area (Å²) in [5, 5.41) is 4.71. The van der Waals surface area contributed by atoms with Crippen molar-refractivity contribution in [1.82, 2.24) is 15.1 Å². The van der Waals surface area contributed by atoms with Crippen LogP contribution >= 0.6 is 11.6 Å². The molecule has 0 atom stereocenters. The van der Waals surface area contributed by atoms with Crippen molar-refractivity contribution in [2.45, 2.75) is 13.8 Å². The second kappa shape index (κ2) is 8.57. The van der Waals surface area contributed by atoms with E-state index in [-0.39, 0.29) is 11.8 Å². The van der Waals surface area contributed by atoms with Gasteiger partial charge in [-0.2, -0.15) is 0 Å². The Morgan fingerprint density at radius 1 is 1.16 bits per heavy atom. The first-order valence-electron chi connectivity index (χ1n) is 9.47. The van der Waals surface area contributed by atoms with Crippen LogP contribution in [0.25, 0.3) is 22.5 Å². The molecule has 2 heterocycles. The molecule has 0 fully saturated rings. The van der Waals surface area contributed by atoms with Gasteiger partial charge in [0.2, 0.25) is 11.8 Å². The minimum atomic E-state index is -0.281. The average Bonchev–Trinajstić information content (AvgIpc) is 3.20. The van der Waals surface area contributed by atoms with Crippen LogP contribution in [-0.4, -0.2) is 28.1 Å². The summed E-state index contributed by atoms with van der Waals surface area (Å²) in [7, 11) is 1.62. The maximum Gasteiger partial charge on any atom is 0.248 e. The van der Waals surface area contributed by atoms with E-state index in [1.54, 1.807) is 43.6 Å². The van der Waals surface area contributed by atoms with Crippen LogP contribution in [-0.2, 0) is 4.79 Å². The summed E-state index contributed by atoms with van der Waals surface area (Å²) in [5.74, 6) is 0.706. The average molecular weight is 435 g/mol. The molecule has 0 aliphatic rings. The van der Waals surface area contributed by atoms with Crippen LogP contribution in [0.3, 0.4) is 0 Å². The molecule has 0 N–H and O–H groups in total. The molecule has 0 spiro atoms. The van der Waals surface area contributed by atoms with E-state index in [9.17, 15) is 4.79 Å². The fraction of sp³-hybridized carbons (Fsp3) is 0.130. The molecule has 31 heavy (non-hydrogen) atoms. The van der Waals surface area contributed by atoms with Gasteiger partial charge in [0, 0.05) is 18.7 Å². The van der Waals surface area contributed by atoms with Crippen LogP contribution in [0.5, 0.6) is 5.75 Å². The fourth-order valence-corrected chi connectivity index (χ4v) is 3.60. The number of halogens is 1. The molecule has 8 heteroatoms. The van der Waals surface area contributed by atoms with Crippen molar-refractivity contribution in [3.05, 3.63) is 71.6 Å². The Labute approximate surface area is 184 Å². The number of aryl methyl sites for hydroxylation is 1. The van der Waals surface area contributed by atoms with E-state index in [1.807, 2.05) is 25.1 Å². The van der Waals surface area contributed by atoms with E-state index in [1.165, 1.54) is 18.2 Å². The van der Waals surface area contributed by atoms with Crippen molar-refractivity contribution < 1.29 is 14.1 Å². The largest absolute Gasteiger partial charge is 0.496 e. The lowest BCUT2D eigenvalue weighted by Crippen LogP contribution is -2.23. The van der Waals surface area contributed by atoms with E-state index in [0.29, 0.717) is 27.7 Å². The summed E-state index contributed by atoms with van der Waals surface area (Å²) < 4.78 is 11.1. The molecule has 4 rings (SSSR count). The Morgan fingerprint density at radius 2 is 1.97 bits per heavy atom. The van der Waals surface area contributed by atoms with Crippen LogP contribution in [0.4, 0.5) is 11.6 Å². The van der Waals surface area contributed by atoms with Crippen LogP contribution in [0.15, 0.2) is 65.6 Å². The topological polar surface area (TPSA) is 81.4 Å². The number of hydrogen-bond acceptors (Lipinski definition) is 6. The van der Waals surface area contributed by atoms with E-state index in [2.05, 4.69) is 15.1 Å². The molecule has 0 bridgehead atoms. The number of aromatic nitrogens is 3. The third-order valence-corrected chi connectivity index (χ3v) is 5.11. The molecule has 4 aromatic rings. The SMILES string of the molecule is COc1ccc(-c2noc(N(C(C)=O)c3ccccc3Cl)c2-c2ccncn2)cc1C. The van der Waals surface area contributed by atoms with Crippen LogP contribution in [0, 0.1) is 6.92 Å².